The lowest BCUT2D eigenvalue weighted by Crippen LogP contribution is -2.46. The Morgan fingerprint density at radius 1 is 1.26 bits per heavy atom. The lowest BCUT2D eigenvalue weighted by Gasteiger charge is -2.33. The first kappa shape index (κ1) is 18.9. The number of Topliss-reactive ketones (excluding diaryl/α,β-unsaturated/α-hetero) is 1. The highest BCUT2D eigenvalue weighted by atomic mass is 35.5. The van der Waals surface area contributed by atoms with Crippen LogP contribution in [0.15, 0.2) is 53.9 Å². The third-order valence-corrected chi connectivity index (χ3v) is 4.72. The number of ketones is 1. The molecule has 0 saturated carbocycles. The fourth-order valence-electron chi connectivity index (χ4n) is 2.96. The van der Waals surface area contributed by atoms with Crippen LogP contribution < -0.4 is 10.6 Å². The van der Waals surface area contributed by atoms with E-state index in [1.807, 2.05) is 25.1 Å². The minimum Gasteiger partial charge on any atom is -0.505 e. The van der Waals surface area contributed by atoms with Crippen molar-refractivity contribution >= 4 is 29.4 Å². The smallest absolute Gasteiger partial charge is 0.215 e. The van der Waals surface area contributed by atoms with E-state index in [0.717, 1.165) is 5.56 Å². The van der Waals surface area contributed by atoms with Gasteiger partial charge in [-0.2, -0.15) is 0 Å². The van der Waals surface area contributed by atoms with Crippen molar-refractivity contribution in [3.05, 3.63) is 70.0 Å². The van der Waals surface area contributed by atoms with Crippen LogP contribution in [0.4, 0.5) is 5.69 Å². The second-order valence-electron chi connectivity index (χ2n) is 6.20. The molecule has 4 N–H and O–H groups in total. The number of carbonyl (C=O) groups is 2. The van der Waals surface area contributed by atoms with Crippen LogP contribution in [0.3, 0.4) is 0 Å². The number of halogens is 1. The molecule has 2 unspecified atom stereocenters. The molecule has 6 nitrogen and oxygen atoms in total. The Morgan fingerprint density at radius 3 is 2.67 bits per heavy atom. The van der Waals surface area contributed by atoms with Crippen LogP contribution in [0.5, 0.6) is 5.75 Å². The van der Waals surface area contributed by atoms with Crippen LogP contribution in [0.25, 0.3) is 0 Å². The molecule has 0 spiro atoms. The van der Waals surface area contributed by atoms with E-state index in [1.54, 1.807) is 18.2 Å². The summed E-state index contributed by atoms with van der Waals surface area (Å²) in [6.07, 6.45) is -0.0427. The topological polar surface area (TPSA) is 98.7 Å². The second kappa shape index (κ2) is 7.82. The molecule has 1 aliphatic carbocycles. The summed E-state index contributed by atoms with van der Waals surface area (Å²) in [5, 5.41) is 26.8. The Kier molecular flexibility index (Phi) is 5.48. The molecule has 0 saturated heterocycles. The molecule has 0 heterocycles. The Morgan fingerprint density at radius 2 is 2.00 bits per heavy atom. The lowest BCUT2D eigenvalue weighted by atomic mass is 9.92. The molecule has 2 aromatic rings. The number of phenols is 1. The van der Waals surface area contributed by atoms with Gasteiger partial charge >= 0.3 is 0 Å². The highest BCUT2D eigenvalue weighted by molar-refractivity contribution is 6.30. The maximum Gasteiger partial charge on any atom is 0.215 e. The van der Waals surface area contributed by atoms with Crippen molar-refractivity contribution in [1.82, 2.24) is 5.32 Å². The van der Waals surface area contributed by atoms with Gasteiger partial charge in [0.25, 0.3) is 0 Å². The largest absolute Gasteiger partial charge is 0.505 e. The fraction of sp³-hybridized carbons (Fsp3) is 0.200. The summed E-state index contributed by atoms with van der Waals surface area (Å²) < 4.78 is 0. The number of para-hydroxylation sites is 1. The van der Waals surface area contributed by atoms with E-state index in [4.69, 9.17) is 11.6 Å². The Labute approximate surface area is 161 Å². The SMILES string of the molecule is CCC(NC1=C(Nc2cccc(C=O)c2O)C(=O)C1O)c1cccc(Cl)c1. The van der Waals surface area contributed by atoms with E-state index in [1.165, 1.54) is 6.07 Å². The summed E-state index contributed by atoms with van der Waals surface area (Å²) in [4.78, 5) is 23.1. The van der Waals surface area contributed by atoms with Gasteiger partial charge in [-0.1, -0.05) is 36.7 Å². The highest BCUT2D eigenvalue weighted by Crippen LogP contribution is 2.33. The molecular formula is C20H19ClN2O4. The van der Waals surface area contributed by atoms with Crippen LogP contribution in [-0.2, 0) is 4.79 Å². The minimum absolute atomic E-state index is 0.104. The standard InChI is InChI=1S/C20H19ClN2O4/c1-2-14(11-5-3-7-13(21)9-11)22-16-17(20(27)19(16)26)23-15-8-4-6-12(10-24)18(15)25/h3-10,14,19,22-23,25-26H,2H2,1H3. The molecule has 0 bridgehead atoms. The van der Waals surface area contributed by atoms with Crippen molar-refractivity contribution < 1.29 is 19.8 Å². The number of aliphatic hydroxyl groups excluding tert-OH is 1. The zero-order chi connectivity index (χ0) is 19.6. The summed E-state index contributed by atoms with van der Waals surface area (Å²) in [6, 6.07) is 11.8. The van der Waals surface area contributed by atoms with E-state index in [-0.39, 0.29) is 28.7 Å². The number of carbonyl (C=O) groups excluding carboxylic acids is 2. The lowest BCUT2D eigenvalue weighted by molar-refractivity contribution is -0.124. The van der Waals surface area contributed by atoms with Gasteiger partial charge < -0.3 is 20.8 Å². The molecular weight excluding hydrogens is 368 g/mol. The Bertz CT molecular complexity index is 926. The Balaban J connectivity index is 1.89. The number of nitrogens with one attached hydrogen (secondary N) is 2. The van der Waals surface area contributed by atoms with Gasteiger partial charge in [0, 0.05) is 5.02 Å². The molecule has 27 heavy (non-hydrogen) atoms. The minimum atomic E-state index is -1.27. The van der Waals surface area contributed by atoms with Crippen LogP contribution in [0.1, 0.15) is 35.3 Å². The molecule has 0 radical (unpaired) electrons. The second-order valence-corrected chi connectivity index (χ2v) is 6.64. The maximum atomic E-state index is 12.1. The number of benzene rings is 2. The van der Waals surface area contributed by atoms with Crippen molar-refractivity contribution in [3.8, 4) is 5.75 Å². The van der Waals surface area contributed by atoms with Gasteiger partial charge in [0.1, 0.15) is 11.4 Å². The van der Waals surface area contributed by atoms with E-state index in [2.05, 4.69) is 10.6 Å². The van der Waals surface area contributed by atoms with Crippen LogP contribution in [0.2, 0.25) is 5.02 Å². The van der Waals surface area contributed by atoms with Gasteiger partial charge in [0.15, 0.2) is 12.4 Å². The maximum absolute atomic E-state index is 12.1. The van der Waals surface area contributed by atoms with Crippen LogP contribution in [0, 0.1) is 0 Å². The fourth-order valence-corrected chi connectivity index (χ4v) is 3.16. The average Bonchev–Trinajstić information content (AvgIpc) is 2.68. The van der Waals surface area contributed by atoms with Crippen LogP contribution in [-0.4, -0.2) is 28.4 Å². The number of aromatic hydroxyl groups is 1. The van der Waals surface area contributed by atoms with Crippen molar-refractivity contribution in [2.75, 3.05) is 5.32 Å². The zero-order valence-electron chi connectivity index (χ0n) is 14.6. The van der Waals surface area contributed by atoms with Crippen molar-refractivity contribution in [2.24, 2.45) is 0 Å². The number of phenolic OH excluding ortho intramolecular Hbond substituents is 1. The number of aliphatic hydroxyl groups is 1. The number of hydrogen-bond donors (Lipinski definition) is 4. The predicted molar refractivity (Wildman–Crippen MR) is 103 cm³/mol. The first-order chi connectivity index (χ1) is 13.0. The monoisotopic (exact) mass is 386 g/mol. The molecule has 7 heteroatoms. The first-order valence-electron chi connectivity index (χ1n) is 8.48. The van der Waals surface area contributed by atoms with Crippen molar-refractivity contribution in [3.63, 3.8) is 0 Å². The first-order valence-corrected chi connectivity index (χ1v) is 8.86. The average molecular weight is 387 g/mol. The van der Waals surface area contributed by atoms with Gasteiger partial charge in [-0.25, -0.2) is 0 Å². The summed E-state index contributed by atoms with van der Waals surface area (Å²) in [5.41, 5.74) is 1.73. The number of hydrogen-bond acceptors (Lipinski definition) is 6. The van der Waals surface area contributed by atoms with E-state index in [9.17, 15) is 19.8 Å². The van der Waals surface area contributed by atoms with E-state index in [0.29, 0.717) is 23.4 Å². The van der Waals surface area contributed by atoms with Gasteiger partial charge in [-0.05, 0) is 36.2 Å². The quantitative estimate of drug-likeness (QED) is 0.431. The molecule has 2 atom stereocenters. The predicted octanol–water partition coefficient (Wildman–Crippen LogP) is 3.17. The molecule has 140 valence electrons. The van der Waals surface area contributed by atoms with Crippen molar-refractivity contribution in [1.29, 1.82) is 0 Å². The number of aldehydes is 1. The van der Waals surface area contributed by atoms with Gasteiger partial charge in [-0.15, -0.1) is 0 Å². The summed E-state index contributed by atoms with van der Waals surface area (Å²) in [7, 11) is 0. The third-order valence-electron chi connectivity index (χ3n) is 4.48. The molecule has 0 aromatic heterocycles. The number of anilines is 1. The summed E-state index contributed by atoms with van der Waals surface area (Å²) in [6.45, 7) is 1.97. The summed E-state index contributed by atoms with van der Waals surface area (Å²) in [5.74, 6) is -0.746. The number of rotatable bonds is 7. The van der Waals surface area contributed by atoms with Crippen molar-refractivity contribution in [2.45, 2.75) is 25.5 Å². The molecule has 2 aromatic carbocycles. The van der Waals surface area contributed by atoms with Gasteiger partial charge in [-0.3, -0.25) is 9.59 Å². The van der Waals surface area contributed by atoms with E-state index < -0.39 is 11.9 Å². The third kappa shape index (κ3) is 3.67. The van der Waals surface area contributed by atoms with E-state index >= 15 is 0 Å². The zero-order valence-corrected chi connectivity index (χ0v) is 15.3. The summed E-state index contributed by atoms with van der Waals surface area (Å²) >= 11 is 6.05. The molecule has 0 fully saturated rings. The highest BCUT2D eigenvalue weighted by Gasteiger charge is 2.39. The normalized spacial score (nSPS) is 17.3. The molecule has 0 amide bonds. The molecule has 0 aliphatic heterocycles. The van der Waals surface area contributed by atoms with Crippen LogP contribution >= 0.6 is 11.6 Å². The Hall–Kier alpha value is -2.83. The van der Waals surface area contributed by atoms with Gasteiger partial charge in [0.05, 0.1) is 23.0 Å². The van der Waals surface area contributed by atoms with Gasteiger partial charge in [0.2, 0.25) is 5.78 Å². The molecule has 3 rings (SSSR count). The molecule has 1 aliphatic rings.